The monoisotopic (exact) mass is 582 g/mol. The van der Waals surface area contributed by atoms with Crippen molar-refractivity contribution in [2.75, 3.05) is 0 Å². The normalized spacial score (nSPS) is 30.5. The average molecular weight is 583 g/mol. The molecule has 4 aliphatic rings. The Labute approximate surface area is 254 Å². The number of hydrogen-bond donors (Lipinski definition) is 0. The lowest BCUT2D eigenvalue weighted by molar-refractivity contribution is -0.137. The number of carbonyl (C=O) groups is 3. The smallest absolute Gasteiger partial charge is 0.338 e. The van der Waals surface area contributed by atoms with Crippen molar-refractivity contribution in [1.29, 1.82) is 0 Å². The first kappa shape index (κ1) is 29.4. The molecule has 6 rings (SSSR count). The zero-order valence-corrected chi connectivity index (χ0v) is 25.7. The topological polar surface area (TPSA) is 78.9 Å². The second-order valence-corrected chi connectivity index (χ2v) is 13.4. The van der Waals surface area contributed by atoms with E-state index in [4.69, 9.17) is 14.2 Å². The molecule has 3 saturated carbocycles. The van der Waals surface area contributed by atoms with Crippen molar-refractivity contribution in [1.82, 2.24) is 0 Å². The van der Waals surface area contributed by atoms with Crippen LogP contribution in [0.3, 0.4) is 0 Å². The lowest BCUT2D eigenvalue weighted by atomic mass is 9.52. The number of allylic oxidation sites excluding steroid dienone is 4. The molecule has 226 valence electrons. The minimum atomic E-state index is -0.303. The van der Waals surface area contributed by atoms with Gasteiger partial charge in [0.2, 0.25) is 0 Å². The molecular formula is C37H42O6. The van der Waals surface area contributed by atoms with Gasteiger partial charge in [-0.3, -0.25) is 4.79 Å². The van der Waals surface area contributed by atoms with Crippen LogP contribution in [0.4, 0.5) is 0 Å². The second kappa shape index (κ2) is 11.4. The zero-order valence-electron chi connectivity index (χ0n) is 25.7. The molecule has 0 aliphatic heterocycles. The molecule has 3 fully saturated rings. The number of rotatable bonds is 6. The highest BCUT2D eigenvalue weighted by Gasteiger charge is 2.56. The molecule has 6 nitrogen and oxygen atoms in total. The molecule has 0 unspecified atom stereocenters. The Balaban J connectivity index is 1.25. The molecule has 6 atom stereocenters. The van der Waals surface area contributed by atoms with Gasteiger partial charge < -0.3 is 14.2 Å². The van der Waals surface area contributed by atoms with Crippen LogP contribution in [-0.2, 0) is 19.0 Å². The van der Waals surface area contributed by atoms with Crippen LogP contribution in [0.5, 0.6) is 0 Å². The van der Waals surface area contributed by atoms with E-state index in [1.165, 1.54) is 23.6 Å². The average Bonchev–Trinajstić information content (AvgIpc) is 3.34. The number of hydrogen-bond acceptors (Lipinski definition) is 6. The van der Waals surface area contributed by atoms with Gasteiger partial charge in [-0.1, -0.05) is 55.8 Å². The van der Waals surface area contributed by atoms with Crippen molar-refractivity contribution in [2.45, 2.75) is 91.3 Å². The zero-order chi connectivity index (χ0) is 30.4. The summed E-state index contributed by atoms with van der Waals surface area (Å²) < 4.78 is 18.1. The number of ether oxygens (including phenoxy) is 3. The van der Waals surface area contributed by atoms with Crippen molar-refractivity contribution in [3.63, 3.8) is 0 Å². The van der Waals surface area contributed by atoms with Crippen LogP contribution in [0.15, 0.2) is 83.1 Å². The van der Waals surface area contributed by atoms with Gasteiger partial charge in [-0.2, -0.15) is 0 Å². The fourth-order valence-electron chi connectivity index (χ4n) is 8.79. The quantitative estimate of drug-likeness (QED) is 0.254. The molecular weight excluding hydrogens is 540 g/mol. The minimum absolute atomic E-state index is 0.119. The highest BCUT2D eigenvalue weighted by Crippen LogP contribution is 2.65. The number of fused-ring (bicyclic) bond motifs is 4. The van der Waals surface area contributed by atoms with Crippen LogP contribution < -0.4 is 0 Å². The summed E-state index contributed by atoms with van der Waals surface area (Å²) in [6, 6.07) is 18.3. The Morgan fingerprint density at radius 2 is 1.49 bits per heavy atom. The Kier molecular flexibility index (Phi) is 7.82. The van der Waals surface area contributed by atoms with Crippen LogP contribution in [0, 0.1) is 22.7 Å². The fraction of sp³-hybridized carbons (Fsp3) is 0.486. The van der Waals surface area contributed by atoms with E-state index in [0.29, 0.717) is 23.5 Å². The third-order valence-electron chi connectivity index (χ3n) is 10.9. The molecule has 6 heteroatoms. The molecule has 0 N–H and O–H groups in total. The molecule has 2 aromatic carbocycles. The van der Waals surface area contributed by atoms with Gasteiger partial charge in [-0.15, -0.1) is 0 Å². The third kappa shape index (κ3) is 5.34. The Morgan fingerprint density at radius 3 is 2.14 bits per heavy atom. The Bertz CT molecular complexity index is 1470. The van der Waals surface area contributed by atoms with Gasteiger partial charge >= 0.3 is 17.9 Å². The van der Waals surface area contributed by atoms with Gasteiger partial charge in [0.25, 0.3) is 0 Å². The summed E-state index contributed by atoms with van der Waals surface area (Å²) in [5.74, 6) is 0.362. The first-order valence-electron chi connectivity index (χ1n) is 15.8. The highest BCUT2D eigenvalue weighted by molar-refractivity contribution is 5.90. The molecule has 0 radical (unpaired) electrons. The second-order valence-electron chi connectivity index (χ2n) is 13.4. The molecule has 43 heavy (non-hydrogen) atoms. The van der Waals surface area contributed by atoms with Crippen LogP contribution in [0.25, 0.3) is 0 Å². The molecule has 2 aromatic rings. The van der Waals surface area contributed by atoms with E-state index in [1.54, 1.807) is 24.3 Å². The van der Waals surface area contributed by atoms with Gasteiger partial charge in [0.1, 0.15) is 18.0 Å². The van der Waals surface area contributed by atoms with E-state index < -0.39 is 0 Å². The predicted molar refractivity (Wildman–Crippen MR) is 163 cm³/mol. The SMILES string of the molecule is CC(=O)OC1=C2C(=C3CC[C@H]([C@H](C)OC(=O)c4ccccc4)[C@]3(C)C1)CC[C@H]1C[C@H](OC(=O)c3ccccc3)CC[C@]21C. The molecule has 0 heterocycles. The Morgan fingerprint density at radius 1 is 0.837 bits per heavy atom. The van der Waals surface area contributed by atoms with Crippen molar-refractivity contribution in [2.24, 2.45) is 22.7 Å². The summed E-state index contributed by atoms with van der Waals surface area (Å²) in [7, 11) is 0. The maximum absolute atomic E-state index is 12.9. The first-order chi connectivity index (χ1) is 20.6. The van der Waals surface area contributed by atoms with E-state index >= 15 is 0 Å². The standard InChI is InChI=1S/C37H42O6/c1-23(41-34(39)25-11-7-5-8-12-25)30-17-18-31-29-16-15-27-21-28(43-35(40)26-13-9-6-10-14-26)19-20-36(27,3)33(29)32(42-24(2)38)22-37(30,31)4/h5-14,23,27-28,30H,15-22H2,1-4H3/t23-,27-,28+,30+,36-,37-/m0/s1. The summed E-state index contributed by atoms with van der Waals surface area (Å²) >= 11 is 0. The molecule has 0 saturated heterocycles. The van der Waals surface area contributed by atoms with Crippen molar-refractivity contribution < 1.29 is 28.6 Å². The lowest BCUT2D eigenvalue weighted by Gasteiger charge is -2.53. The number of carbonyl (C=O) groups excluding carboxylic acids is 3. The van der Waals surface area contributed by atoms with E-state index in [-0.39, 0.29) is 46.9 Å². The van der Waals surface area contributed by atoms with Crippen LogP contribution in [-0.4, -0.2) is 30.1 Å². The van der Waals surface area contributed by atoms with Crippen LogP contribution >= 0.6 is 0 Å². The van der Waals surface area contributed by atoms with Crippen molar-refractivity contribution in [3.05, 3.63) is 94.3 Å². The summed E-state index contributed by atoms with van der Waals surface area (Å²) in [6.45, 7) is 8.08. The van der Waals surface area contributed by atoms with E-state index in [2.05, 4.69) is 13.8 Å². The molecule has 0 amide bonds. The maximum atomic E-state index is 12.9. The third-order valence-corrected chi connectivity index (χ3v) is 10.9. The molecule has 0 aromatic heterocycles. The number of benzene rings is 2. The van der Waals surface area contributed by atoms with Gasteiger partial charge in [-0.25, -0.2) is 9.59 Å². The minimum Gasteiger partial charge on any atom is -0.459 e. The summed E-state index contributed by atoms with van der Waals surface area (Å²) in [5.41, 5.74) is 4.73. The van der Waals surface area contributed by atoms with Crippen molar-refractivity contribution >= 4 is 17.9 Å². The Hall–Kier alpha value is -3.67. The highest BCUT2D eigenvalue weighted by atomic mass is 16.5. The lowest BCUT2D eigenvalue weighted by Crippen LogP contribution is -2.45. The van der Waals surface area contributed by atoms with E-state index in [1.807, 2.05) is 43.3 Å². The van der Waals surface area contributed by atoms with E-state index in [9.17, 15) is 14.4 Å². The van der Waals surface area contributed by atoms with E-state index in [0.717, 1.165) is 50.7 Å². The largest absolute Gasteiger partial charge is 0.459 e. The summed E-state index contributed by atoms with van der Waals surface area (Å²) in [5, 5.41) is 0. The molecule has 0 spiro atoms. The predicted octanol–water partition coefficient (Wildman–Crippen LogP) is 7.99. The van der Waals surface area contributed by atoms with Gasteiger partial charge in [0.15, 0.2) is 0 Å². The van der Waals surface area contributed by atoms with Crippen molar-refractivity contribution in [3.8, 4) is 0 Å². The first-order valence-corrected chi connectivity index (χ1v) is 15.8. The van der Waals surface area contributed by atoms with Gasteiger partial charge in [-0.05, 0) is 98.6 Å². The number of esters is 3. The molecule has 4 aliphatic carbocycles. The summed E-state index contributed by atoms with van der Waals surface area (Å²) in [6.07, 6.45) is 6.47. The maximum Gasteiger partial charge on any atom is 0.338 e. The van der Waals surface area contributed by atoms with Gasteiger partial charge in [0.05, 0.1) is 11.1 Å². The summed E-state index contributed by atoms with van der Waals surface area (Å²) in [4.78, 5) is 38.2. The van der Waals surface area contributed by atoms with Gasteiger partial charge in [0, 0.05) is 24.7 Å². The fourth-order valence-corrected chi connectivity index (χ4v) is 8.79. The molecule has 0 bridgehead atoms. The van der Waals surface area contributed by atoms with Crippen LogP contribution in [0.1, 0.15) is 99.8 Å². The van der Waals surface area contributed by atoms with Crippen LogP contribution in [0.2, 0.25) is 0 Å².